The number of amides is 3. The van der Waals surface area contributed by atoms with Crippen LogP contribution in [0.5, 0.6) is 5.75 Å². The third kappa shape index (κ3) is 3.75. The van der Waals surface area contributed by atoms with Gasteiger partial charge in [0.15, 0.2) is 0 Å². The Balaban J connectivity index is 1.18. The Morgan fingerprint density at radius 1 is 0.833 bits per heavy atom. The zero-order valence-electron chi connectivity index (χ0n) is 19.8. The molecule has 2 saturated heterocycles. The third-order valence-electron chi connectivity index (χ3n) is 7.65. The number of carbonyl (C=O) groups is 4. The van der Waals surface area contributed by atoms with Gasteiger partial charge in [0.05, 0.1) is 29.1 Å². The van der Waals surface area contributed by atoms with Crippen LogP contribution in [0.2, 0.25) is 0 Å². The minimum Gasteiger partial charge on any atom is -0.426 e. The number of hydrogen-bond donors (Lipinski definition) is 0. The molecule has 6 rings (SSSR count). The second kappa shape index (κ2) is 8.90. The summed E-state index contributed by atoms with van der Waals surface area (Å²) in [7, 11) is 0. The second-order valence-electron chi connectivity index (χ2n) is 9.83. The van der Waals surface area contributed by atoms with E-state index in [1.165, 1.54) is 4.90 Å². The molecule has 2 aliphatic heterocycles. The summed E-state index contributed by atoms with van der Waals surface area (Å²) in [5.41, 5.74) is 1.20. The summed E-state index contributed by atoms with van der Waals surface area (Å²) in [6.07, 6.45) is 3.46. The van der Waals surface area contributed by atoms with Gasteiger partial charge in [0.25, 0.3) is 0 Å². The zero-order valence-corrected chi connectivity index (χ0v) is 19.8. The predicted molar refractivity (Wildman–Crippen MR) is 134 cm³/mol. The van der Waals surface area contributed by atoms with Crippen LogP contribution in [-0.4, -0.2) is 30.2 Å². The number of fused-ring (bicyclic) bond motifs is 2. The Kier molecular flexibility index (Phi) is 5.55. The number of ether oxygens (including phenoxy) is 1. The van der Waals surface area contributed by atoms with Crippen molar-refractivity contribution in [3.05, 3.63) is 66.7 Å². The van der Waals surface area contributed by atoms with Gasteiger partial charge in [-0.1, -0.05) is 55.3 Å². The van der Waals surface area contributed by atoms with Crippen molar-refractivity contribution in [3.8, 4) is 5.75 Å². The molecule has 3 aliphatic rings. The smallest absolute Gasteiger partial charge is 0.316 e. The molecule has 36 heavy (non-hydrogen) atoms. The molecule has 7 heteroatoms. The molecule has 0 N–H and O–H groups in total. The van der Waals surface area contributed by atoms with E-state index in [0.29, 0.717) is 5.69 Å². The second-order valence-corrected chi connectivity index (χ2v) is 9.83. The normalized spacial score (nSPS) is 23.9. The van der Waals surface area contributed by atoms with E-state index in [9.17, 15) is 19.2 Å². The van der Waals surface area contributed by atoms with Gasteiger partial charge in [-0.2, -0.15) is 0 Å². The van der Waals surface area contributed by atoms with Crippen molar-refractivity contribution >= 4 is 45.8 Å². The van der Waals surface area contributed by atoms with Crippen molar-refractivity contribution < 1.29 is 23.9 Å². The summed E-state index contributed by atoms with van der Waals surface area (Å²) in [6.45, 7) is 0.234. The van der Waals surface area contributed by atoms with Crippen molar-refractivity contribution in [3.63, 3.8) is 0 Å². The van der Waals surface area contributed by atoms with E-state index < -0.39 is 11.9 Å². The first kappa shape index (κ1) is 22.5. The first-order chi connectivity index (χ1) is 17.5. The maximum atomic E-state index is 13.0. The zero-order chi connectivity index (χ0) is 24.8. The minimum atomic E-state index is -0.613. The van der Waals surface area contributed by atoms with Crippen molar-refractivity contribution in [1.29, 1.82) is 0 Å². The number of rotatable bonds is 4. The lowest BCUT2D eigenvalue weighted by Crippen LogP contribution is -2.31. The van der Waals surface area contributed by atoms with E-state index in [1.807, 2.05) is 42.5 Å². The Morgan fingerprint density at radius 2 is 1.53 bits per heavy atom. The molecule has 3 atom stereocenters. The van der Waals surface area contributed by atoms with Crippen molar-refractivity contribution in [2.45, 2.75) is 32.1 Å². The van der Waals surface area contributed by atoms with Crippen LogP contribution < -0.4 is 14.5 Å². The number of imide groups is 1. The SMILES string of the molecule is O=C(Oc1cccc(N2C(=O)[C@H]3CCCC[C@H]3C2=O)c1)[C@H]1CC(=O)N(c2cccc3ccccc23)C1. The Hall–Kier alpha value is -4.00. The highest BCUT2D eigenvalue weighted by Crippen LogP contribution is 2.40. The van der Waals surface area contributed by atoms with E-state index in [4.69, 9.17) is 4.74 Å². The number of benzene rings is 3. The molecule has 3 aromatic carbocycles. The fourth-order valence-electron chi connectivity index (χ4n) is 5.84. The molecular formula is C29H26N2O5. The molecule has 0 aromatic heterocycles. The van der Waals surface area contributed by atoms with Crippen LogP contribution in [-0.2, 0) is 19.2 Å². The maximum absolute atomic E-state index is 13.0. The molecule has 1 aliphatic carbocycles. The van der Waals surface area contributed by atoms with Gasteiger partial charge < -0.3 is 9.64 Å². The van der Waals surface area contributed by atoms with Crippen molar-refractivity contribution in [2.75, 3.05) is 16.3 Å². The maximum Gasteiger partial charge on any atom is 0.316 e. The highest BCUT2D eigenvalue weighted by Gasteiger charge is 2.48. The molecule has 182 valence electrons. The average Bonchev–Trinajstić information content (AvgIpc) is 3.41. The van der Waals surface area contributed by atoms with Crippen LogP contribution in [0.25, 0.3) is 10.8 Å². The standard InChI is InChI=1S/C29H26N2O5/c32-26-15-19(17-30(26)25-14-5-8-18-7-1-2-11-22(18)25)29(35)36-21-10-6-9-20(16-21)31-27(33)23-12-3-4-13-24(23)28(31)34/h1-2,5-11,14,16,19,23-24H,3-4,12-13,15,17H2/t19-,23-,24+/m0/s1. The molecule has 3 amide bonds. The molecule has 3 aromatic rings. The van der Waals surface area contributed by atoms with Gasteiger partial charge in [0, 0.05) is 24.4 Å². The number of carbonyl (C=O) groups excluding carboxylic acids is 4. The first-order valence-corrected chi connectivity index (χ1v) is 12.5. The summed E-state index contributed by atoms with van der Waals surface area (Å²) in [5, 5.41) is 1.98. The van der Waals surface area contributed by atoms with Gasteiger partial charge in [-0.3, -0.25) is 19.2 Å². The number of hydrogen-bond acceptors (Lipinski definition) is 5. The fourth-order valence-corrected chi connectivity index (χ4v) is 5.84. The van der Waals surface area contributed by atoms with Gasteiger partial charge in [0.2, 0.25) is 17.7 Å². The van der Waals surface area contributed by atoms with Gasteiger partial charge >= 0.3 is 5.97 Å². The lowest BCUT2D eigenvalue weighted by atomic mass is 9.81. The van der Waals surface area contributed by atoms with Crippen LogP contribution in [0.3, 0.4) is 0 Å². The highest BCUT2D eigenvalue weighted by molar-refractivity contribution is 6.22. The summed E-state index contributed by atoms with van der Waals surface area (Å²) >= 11 is 0. The van der Waals surface area contributed by atoms with Crippen molar-refractivity contribution in [2.24, 2.45) is 17.8 Å². The average molecular weight is 483 g/mol. The van der Waals surface area contributed by atoms with Gasteiger partial charge in [0.1, 0.15) is 5.75 Å². The summed E-state index contributed by atoms with van der Waals surface area (Å²) in [4.78, 5) is 54.7. The third-order valence-corrected chi connectivity index (χ3v) is 7.65. The van der Waals surface area contributed by atoms with E-state index in [2.05, 4.69) is 0 Å². The molecule has 0 unspecified atom stereocenters. The van der Waals surface area contributed by atoms with Gasteiger partial charge in [-0.05, 0) is 36.4 Å². The summed E-state index contributed by atoms with van der Waals surface area (Å²) in [5.74, 6) is -1.82. The molecule has 2 heterocycles. The lowest BCUT2D eigenvalue weighted by Gasteiger charge is -2.19. The summed E-state index contributed by atoms with van der Waals surface area (Å²) in [6, 6.07) is 20.1. The molecule has 3 fully saturated rings. The van der Waals surface area contributed by atoms with E-state index in [1.54, 1.807) is 29.2 Å². The minimum absolute atomic E-state index is 0.0637. The molecule has 0 spiro atoms. The van der Waals surface area contributed by atoms with Gasteiger partial charge in [-0.25, -0.2) is 4.90 Å². The number of nitrogens with zero attached hydrogens (tertiary/aromatic N) is 2. The molecule has 7 nitrogen and oxygen atoms in total. The van der Waals surface area contributed by atoms with E-state index in [-0.39, 0.29) is 48.3 Å². The molecular weight excluding hydrogens is 456 g/mol. The summed E-state index contributed by atoms with van der Waals surface area (Å²) < 4.78 is 5.64. The molecule has 0 radical (unpaired) electrons. The first-order valence-electron chi connectivity index (χ1n) is 12.5. The number of esters is 1. The Labute approximate surface area is 208 Å². The molecule has 0 bridgehead atoms. The largest absolute Gasteiger partial charge is 0.426 e. The number of anilines is 2. The predicted octanol–water partition coefficient (Wildman–Crippen LogP) is 4.48. The van der Waals surface area contributed by atoms with Crippen molar-refractivity contribution in [1.82, 2.24) is 0 Å². The molecule has 1 saturated carbocycles. The highest BCUT2D eigenvalue weighted by atomic mass is 16.5. The fraction of sp³-hybridized carbons (Fsp3) is 0.310. The van der Waals surface area contributed by atoms with E-state index in [0.717, 1.165) is 42.1 Å². The Bertz CT molecular complexity index is 1370. The lowest BCUT2D eigenvalue weighted by molar-refractivity contribution is -0.139. The van der Waals surface area contributed by atoms with Crippen LogP contribution in [0.15, 0.2) is 66.7 Å². The quantitative estimate of drug-likeness (QED) is 0.311. The van der Waals surface area contributed by atoms with Crippen LogP contribution in [0.4, 0.5) is 11.4 Å². The van der Waals surface area contributed by atoms with Crippen LogP contribution in [0, 0.1) is 17.8 Å². The van der Waals surface area contributed by atoms with E-state index >= 15 is 0 Å². The Morgan fingerprint density at radius 3 is 2.31 bits per heavy atom. The van der Waals surface area contributed by atoms with Crippen LogP contribution in [0.1, 0.15) is 32.1 Å². The topological polar surface area (TPSA) is 84.0 Å². The van der Waals surface area contributed by atoms with Gasteiger partial charge in [-0.15, -0.1) is 0 Å². The monoisotopic (exact) mass is 482 g/mol. The van der Waals surface area contributed by atoms with Crippen LogP contribution >= 0.6 is 0 Å².